The van der Waals surface area contributed by atoms with Crippen molar-refractivity contribution in [2.24, 2.45) is 5.73 Å². The molecule has 0 aliphatic heterocycles. The lowest BCUT2D eigenvalue weighted by Gasteiger charge is -2.13. The van der Waals surface area contributed by atoms with E-state index < -0.39 is 6.04 Å². The number of nitrogens with two attached hydrogens (primary N) is 1. The third-order valence-corrected chi connectivity index (χ3v) is 3.76. The van der Waals surface area contributed by atoms with Crippen LogP contribution in [-0.2, 0) is 4.79 Å². The highest BCUT2D eigenvalue weighted by atomic mass is 35.5. The summed E-state index contributed by atoms with van der Waals surface area (Å²) in [6.45, 7) is 0. The van der Waals surface area contributed by atoms with E-state index in [1.807, 2.05) is 24.5 Å². The number of hydrogen-bond donors (Lipinski definition) is 2. The molecule has 2 rings (SSSR count). The molecule has 1 heterocycles. The molecule has 1 atom stereocenters. The van der Waals surface area contributed by atoms with Crippen LogP contribution in [0.15, 0.2) is 30.5 Å². The molecule has 4 nitrogen and oxygen atoms in total. The molecule has 2 aromatic rings. The van der Waals surface area contributed by atoms with Gasteiger partial charge in [0.05, 0.1) is 17.2 Å². The number of anilines is 1. The van der Waals surface area contributed by atoms with Gasteiger partial charge >= 0.3 is 0 Å². The van der Waals surface area contributed by atoms with Crippen molar-refractivity contribution < 1.29 is 4.79 Å². The normalized spacial score (nSPS) is 12.3. The number of thioether (sulfide) groups is 1. The fourth-order valence-electron chi connectivity index (χ4n) is 1.85. The Kier molecular flexibility index (Phi) is 5.23. The summed E-state index contributed by atoms with van der Waals surface area (Å²) in [6, 6.07) is 6.70. The first-order valence-corrected chi connectivity index (χ1v) is 7.98. The minimum absolute atomic E-state index is 0.215. The molecule has 20 heavy (non-hydrogen) atoms. The van der Waals surface area contributed by atoms with Gasteiger partial charge in [0.1, 0.15) is 0 Å². The van der Waals surface area contributed by atoms with Crippen molar-refractivity contribution in [3.63, 3.8) is 0 Å². The fraction of sp³-hybridized carbons (Fsp3) is 0.286. The number of hydrogen-bond acceptors (Lipinski definition) is 4. The molecule has 1 aromatic heterocycles. The zero-order chi connectivity index (χ0) is 14.5. The maximum atomic E-state index is 12.1. The number of aromatic nitrogens is 1. The number of nitrogens with one attached hydrogen (secondary N) is 1. The predicted octanol–water partition coefficient (Wildman–Crippen LogP) is 2.91. The maximum absolute atomic E-state index is 12.1. The Morgan fingerprint density at radius 1 is 1.55 bits per heavy atom. The molecule has 0 aliphatic carbocycles. The Morgan fingerprint density at radius 2 is 2.35 bits per heavy atom. The van der Waals surface area contributed by atoms with Crippen molar-refractivity contribution >= 4 is 45.9 Å². The number of nitrogens with zero attached hydrogens (tertiary/aromatic N) is 1. The number of pyridine rings is 1. The quantitative estimate of drug-likeness (QED) is 0.891. The molecule has 0 bridgehead atoms. The van der Waals surface area contributed by atoms with Gasteiger partial charge in [-0.25, -0.2) is 0 Å². The van der Waals surface area contributed by atoms with E-state index in [-0.39, 0.29) is 5.91 Å². The first-order valence-electron chi connectivity index (χ1n) is 6.21. The van der Waals surface area contributed by atoms with Crippen LogP contribution in [0.25, 0.3) is 10.9 Å². The highest BCUT2D eigenvalue weighted by Crippen LogP contribution is 2.26. The molecular weight excluding hydrogens is 294 g/mol. The zero-order valence-corrected chi connectivity index (χ0v) is 12.7. The second-order valence-electron chi connectivity index (χ2n) is 4.41. The van der Waals surface area contributed by atoms with Crippen molar-refractivity contribution in [2.75, 3.05) is 17.3 Å². The minimum Gasteiger partial charge on any atom is -0.323 e. The monoisotopic (exact) mass is 309 g/mol. The molecule has 3 N–H and O–H groups in total. The number of halogens is 1. The highest BCUT2D eigenvalue weighted by Gasteiger charge is 2.15. The summed E-state index contributed by atoms with van der Waals surface area (Å²) in [5.74, 6) is 0.636. The van der Waals surface area contributed by atoms with Gasteiger partial charge in [-0.3, -0.25) is 9.78 Å². The molecule has 1 aromatic carbocycles. The van der Waals surface area contributed by atoms with E-state index in [9.17, 15) is 4.79 Å². The van der Waals surface area contributed by atoms with E-state index in [4.69, 9.17) is 17.3 Å². The van der Waals surface area contributed by atoms with E-state index in [1.54, 1.807) is 24.0 Å². The molecule has 0 saturated carbocycles. The van der Waals surface area contributed by atoms with Crippen LogP contribution in [0.4, 0.5) is 5.69 Å². The first kappa shape index (κ1) is 15.1. The van der Waals surface area contributed by atoms with Crippen LogP contribution in [0.2, 0.25) is 5.02 Å². The summed E-state index contributed by atoms with van der Waals surface area (Å²) >= 11 is 7.72. The number of benzene rings is 1. The van der Waals surface area contributed by atoms with Gasteiger partial charge < -0.3 is 11.1 Å². The average Bonchev–Trinajstić information content (AvgIpc) is 2.44. The van der Waals surface area contributed by atoms with Gasteiger partial charge in [-0.05, 0) is 36.6 Å². The van der Waals surface area contributed by atoms with Gasteiger partial charge in [-0.15, -0.1) is 0 Å². The second-order valence-corrected chi connectivity index (χ2v) is 5.83. The Bertz CT molecular complexity index is 620. The van der Waals surface area contributed by atoms with Crippen LogP contribution in [0.3, 0.4) is 0 Å². The Hall–Kier alpha value is -1.30. The van der Waals surface area contributed by atoms with Crippen LogP contribution in [-0.4, -0.2) is 28.9 Å². The largest absolute Gasteiger partial charge is 0.323 e. The van der Waals surface area contributed by atoms with Crippen molar-refractivity contribution in [1.29, 1.82) is 0 Å². The summed E-state index contributed by atoms with van der Waals surface area (Å²) < 4.78 is 0. The lowest BCUT2D eigenvalue weighted by Crippen LogP contribution is -2.36. The third-order valence-electron chi connectivity index (χ3n) is 2.90. The SMILES string of the molecule is CSCC[C@@H](N)C(=O)Nc1cc(Cl)cc2cccnc12. The summed E-state index contributed by atoms with van der Waals surface area (Å²) in [7, 11) is 0. The Balaban J connectivity index is 2.23. The molecule has 0 saturated heterocycles. The van der Waals surface area contributed by atoms with Crippen LogP contribution in [0, 0.1) is 0 Å². The first-order chi connectivity index (χ1) is 9.61. The van der Waals surface area contributed by atoms with Crippen molar-refractivity contribution in [3.05, 3.63) is 35.5 Å². The lowest BCUT2D eigenvalue weighted by molar-refractivity contribution is -0.117. The second kappa shape index (κ2) is 6.92. The van der Waals surface area contributed by atoms with Gasteiger partial charge in [0, 0.05) is 16.6 Å². The van der Waals surface area contributed by atoms with Crippen molar-refractivity contribution in [2.45, 2.75) is 12.5 Å². The molecular formula is C14H16ClN3OS. The van der Waals surface area contributed by atoms with Crippen LogP contribution in [0.1, 0.15) is 6.42 Å². The maximum Gasteiger partial charge on any atom is 0.241 e. The number of amides is 1. The smallest absolute Gasteiger partial charge is 0.241 e. The van der Waals surface area contributed by atoms with Gasteiger partial charge in [-0.2, -0.15) is 11.8 Å². The van der Waals surface area contributed by atoms with Crippen molar-refractivity contribution in [3.8, 4) is 0 Å². The van der Waals surface area contributed by atoms with Crippen LogP contribution < -0.4 is 11.1 Å². The standard InChI is InChI=1S/C14H16ClN3OS/c1-20-6-4-11(16)14(19)18-12-8-10(15)7-9-3-2-5-17-13(9)12/h2-3,5,7-8,11H,4,6,16H2,1H3,(H,18,19)/t11-/m1/s1. The van der Waals surface area contributed by atoms with E-state index >= 15 is 0 Å². The molecule has 106 valence electrons. The number of carbonyl (C=O) groups excluding carboxylic acids is 1. The van der Waals surface area contributed by atoms with Gasteiger partial charge in [-0.1, -0.05) is 17.7 Å². The minimum atomic E-state index is -0.528. The lowest BCUT2D eigenvalue weighted by atomic mass is 10.1. The molecule has 1 amide bonds. The predicted molar refractivity (Wildman–Crippen MR) is 86.4 cm³/mol. The van der Waals surface area contributed by atoms with Gasteiger partial charge in [0.25, 0.3) is 0 Å². The van der Waals surface area contributed by atoms with E-state index in [1.165, 1.54) is 0 Å². The van der Waals surface area contributed by atoms with Gasteiger partial charge in [0.15, 0.2) is 0 Å². The fourth-order valence-corrected chi connectivity index (χ4v) is 2.57. The number of rotatable bonds is 5. The van der Waals surface area contributed by atoms with Crippen molar-refractivity contribution in [1.82, 2.24) is 4.98 Å². The molecule has 0 fully saturated rings. The van der Waals surface area contributed by atoms with Crippen LogP contribution in [0.5, 0.6) is 0 Å². The molecule has 0 unspecified atom stereocenters. The average molecular weight is 310 g/mol. The molecule has 0 radical (unpaired) electrons. The topological polar surface area (TPSA) is 68.0 Å². The number of fused-ring (bicyclic) bond motifs is 1. The summed E-state index contributed by atoms with van der Waals surface area (Å²) in [5.41, 5.74) is 7.16. The summed E-state index contributed by atoms with van der Waals surface area (Å²) in [6.07, 6.45) is 4.30. The Morgan fingerprint density at radius 3 is 3.10 bits per heavy atom. The Labute approximate surface area is 127 Å². The van der Waals surface area contributed by atoms with E-state index in [0.717, 1.165) is 11.1 Å². The summed E-state index contributed by atoms with van der Waals surface area (Å²) in [4.78, 5) is 16.3. The van der Waals surface area contributed by atoms with Gasteiger partial charge in [0.2, 0.25) is 5.91 Å². The van der Waals surface area contributed by atoms with E-state index in [2.05, 4.69) is 10.3 Å². The number of carbonyl (C=O) groups is 1. The summed E-state index contributed by atoms with van der Waals surface area (Å²) in [5, 5.41) is 4.25. The van der Waals surface area contributed by atoms with Crippen LogP contribution >= 0.6 is 23.4 Å². The third kappa shape index (κ3) is 3.62. The highest BCUT2D eigenvalue weighted by molar-refractivity contribution is 7.98. The molecule has 0 spiro atoms. The van der Waals surface area contributed by atoms with E-state index in [0.29, 0.717) is 22.6 Å². The molecule has 0 aliphatic rings. The molecule has 6 heteroatoms. The zero-order valence-electron chi connectivity index (χ0n) is 11.1.